The Kier molecular flexibility index (Phi) is 30.6. The molecule has 42 heteroatoms. The third-order valence-electron chi connectivity index (χ3n) is 14.3. The van der Waals surface area contributed by atoms with Gasteiger partial charge in [0, 0.05) is 74.5 Å². The summed E-state index contributed by atoms with van der Waals surface area (Å²) < 4.78 is 89.0. The predicted molar refractivity (Wildman–Crippen MR) is 388 cm³/mol. The number of sulfone groups is 2. The maximum Gasteiger partial charge on any atom is 0.317 e. The molecule has 1 aliphatic heterocycles. The Morgan fingerprint density at radius 2 is 1.00 bits per heavy atom. The van der Waals surface area contributed by atoms with Crippen LogP contribution in [0.5, 0.6) is 0 Å². The number of aromatic amines is 3. The molecule has 3 aromatic carbocycles. The van der Waals surface area contributed by atoms with Crippen LogP contribution in [0.1, 0.15) is 195 Å². The van der Waals surface area contributed by atoms with Crippen molar-refractivity contribution in [2.75, 3.05) is 61.1 Å². The summed E-state index contributed by atoms with van der Waals surface area (Å²) in [5.74, 6) is -0.315. The number of amides is 2. The smallest absolute Gasteiger partial charge is 0.317 e. The minimum absolute atomic E-state index is 0. The zero-order chi connectivity index (χ0) is 82.4. The summed E-state index contributed by atoms with van der Waals surface area (Å²) in [7, 11) is -4.03. The van der Waals surface area contributed by atoms with E-state index in [1.54, 1.807) is 129 Å². The van der Waals surface area contributed by atoms with Gasteiger partial charge in [0.25, 0.3) is 72.0 Å². The molecule has 10 aromatic rings. The molecule has 0 saturated carbocycles. The van der Waals surface area contributed by atoms with Gasteiger partial charge < -0.3 is 41.8 Å². The van der Waals surface area contributed by atoms with Crippen LogP contribution >= 0.6 is 0 Å². The topological polar surface area (TPSA) is 516 Å². The summed E-state index contributed by atoms with van der Waals surface area (Å²) in [5.41, 5.74) is 10.2. The number of morpholine rings is 1. The van der Waals surface area contributed by atoms with E-state index in [0.717, 1.165) is 37.6 Å². The van der Waals surface area contributed by atoms with Crippen molar-refractivity contribution in [1.82, 2.24) is 36.3 Å². The molecule has 0 atom stereocenters. The molecule has 8 heterocycles. The standard InChI is InChI=1S/C12H15N2O4S.C12H14N2O4S.C12H15N2O2.C10H19N4O2.C8H16N4O.2C7H11N3O3.Re/c1-12(2,3)10-11(13-18-14(10)15)19(16,17)9-7-5-4-6-8-9;1-12(2,3)10-11(14(15)18-13-10)19(16,17)9-7-5-4-6-8-9;1-12(2,3)11-10(13-16-14(11)15)9-7-5-4-6-8-9;1-10(2,3)11-9-8-14(12-16-9)13-4-6-15-7-5-13;1-8(2,3)9-7-6-12(10-13-7)11(4)5;1-7(2,3)5-4(6(8)11)10(12)13-9-5;1-7(2,3)5-4(6(8)11)9-13-10(5)12;/h4-8,13H,1-3H3;4-8H,1-3H3;4-8,13H,1-3H3;8,11H,4-7H2,1-3H3;9H,1-5H3;1-3H3,(H2,8,11);1-3H3,(H2-,8,9,11,12);/q+1;;2*+1;;;;/p+1. The van der Waals surface area contributed by atoms with Crippen molar-refractivity contribution in [3.8, 4) is 11.3 Å². The van der Waals surface area contributed by atoms with Gasteiger partial charge in [-0.05, 0) is 96.5 Å². The van der Waals surface area contributed by atoms with Crippen LogP contribution in [-0.2, 0) is 71.9 Å². The molecule has 7 aromatic heterocycles. The molecule has 1 fully saturated rings. The van der Waals surface area contributed by atoms with Gasteiger partial charge in [-0.3, -0.25) is 23.4 Å². The summed E-state index contributed by atoms with van der Waals surface area (Å²) >= 11 is 0. The fourth-order valence-electron chi connectivity index (χ4n) is 9.50. The maximum atomic E-state index is 12.5. The number of ether oxygens (including phenoxy) is 1. The van der Waals surface area contributed by atoms with Crippen molar-refractivity contribution < 1.29 is 117 Å². The van der Waals surface area contributed by atoms with Crippen LogP contribution in [0.3, 0.4) is 0 Å². The molecule has 1 radical (unpaired) electrons. The Hall–Kier alpha value is -10.7. The van der Waals surface area contributed by atoms with Gasteiger partial charge in [0.1, 0.15) is 5.88 Å². The molecule has 0 aliphatic carbocycles. The summed E-state index contributed by atoms with van der Waals surface area (Å²) in [6, 6.07) is 25.3. The number of nitrogens with zero attached hydrogens (tertiary/aromatic N) is 13. The van der Waals surface area contributed by atoms with Gasteiger partial charge in [-0.25, -0.2) is 16.8 Å². The number of carbonyl (C=O) groups excluding carboxylic acids is 2. The molecule has 0 bridgehead atoms. The molecule has 0 spiro atoms. The van der Waals surface area contributed by atoms with Crippen LogP contribution < -0.4 is 65.3 Å². The van der Waals surface area contributed by atoms with Gasteiger partial charge in [0.2, 0.25) is 22.4 Å². The first-order chi connectivity index (χ1) is 50.1. The van der Waals surface area contributed by atoms with Gasteiger partial charge in [0.05, 0.1) is 55.0 Å². The summed E-state index contributed by atoms with van der Waals surface area (Å²) in [5, 5.41) is 53.9. The van der Waals surface area contributed by atoms with Crippen molar-refractivity contribution in [2.45, 2.75) is 203 Å². The van der Waals surface area contributed by atoms with E-state index < -0.39 is 58.2 Å². The van der Waals surface area contributed by atoms with Crippen molar-refractivity contribution in [2.24, 2.45) is 11.5 Å². The van der Waals surface area contributed by atoms with E-state index in [9.17, 15) is 51.6 Å². The molecule has 11 rings (SSSR count). The second-order valence-electron chi connectivity index (χ2n) is 31.7. The third kappa shape index (κ3) is 25.4. The first-order valence-electron chi connectivity index (χ1n) is 33.8. The third-order valence-corrected chi connectivity index (χ3v) is 17.8. The summed E-state index contributed by atoms with van der Waals surface area (Å²) in [6.45, 7) is 42.7. The van der Waals surface area contributed by atoms with E-state index >= 15 is 0 Å². The van der Waals surface area contributed by atoms with Gasteiger partial charge in [-0.15, -0.1) is 9.80 Å². The fraction of sp³-hybridized carbons (Fsp3) is 0.500. The zero-order valence-corrected chi connectivity index (χ0v) is 70.3. The molecular formula is C68H102N20O19ReS2+4. The van der Waals surface area contributed by atoms with E-state index in [1.807, 2.05) is 92.2 Å². The van der Waals surface area contributed by atoms with Crippen molar-refractivity contribution in [3.05, 3.63) is 168 Å². The van der Waals surface area contributed by atoms with E-state index in [1.165, 1.54) is 29.1 Å². The number of rotatable bonds is 11. The SMILES string of the molecule is CC(C)(C)Nc1c[n+](N2CCOCC2)no1.CC(C)(C)c1c(-c2ccccc2)[nH]o[n+]1=O.CC(C)(C)c1c(C(N)=O)[nH]o[n+]1=O.CC(C)(C)c1c(S(=O)(=O)c2ccccc2)[nH]o[n+]1=O.CC(C)(C)c1no[n+]([O-])c1C(N)=O.CC(C)(C)c1no[n+]([O-])c1S(=O)(=O)c1ccccc1.CN(C)[n+]1[c-]c(NC(C)(C)C)on1.[Re]. The summed E-state index contributed by atoms with van der Waals surface area (Å²) in [6.07, 6.45) is 4.78. The van der Waals surface area contributed by atoms with Crippen molar-refractivity contribution in [1.29, 1.82) is 0 Å². The molecule has 110 heavy (non-hydrogen) atoms. The number of aromatic nitrogens is 14. The van der Waals surface area contributed by atoms with Gasteiger partial charge >= 0.3 is 10.1 Å². The normalized spacial score (nSPS) is 12.7. The molecule has 2 amide bonds. The van der Waals surface area contributed by atoms with Crippen LogP contribution in [0.4, 0.5) is 11.8 Å². The van der Waals surface area contributed by atoms with E-state index in [4.69, 9.17) is 29.9 Å². The Morgan fingerprint density at radius 3 is 1.44 bits per heavy atom. The molecule has 39 nitrogen and oxygen atoms in total. The Morgan fingerprint density at radius 1 is 0.555 bits per heavy atom. The quantitative estimate of drug-likeness (QED) is 0.0477. The monoisotopic (exact) mass is 1750 g/mol. The number of anilines is 2. The average Bonchev–Trinajstić information content (AvgIpc) is 1.58. The second-order valence-corrected chi connectivity index (χ2v) is 35.5. The van der Waals surface area contributed by atoms with Crippen LogP contribution in [0, 0.1) is 31.3 Å². The predicted octanol–water partition coefficient (Wildman–Crippen LogP) is 5.51. The number of H-pyrrole nitrogens is 3. The van der Waals surface area contributed by atoms with Gasteiger partial charge in [-0.2, -0.15) is 5.01 Å². The number of hydrogen-bond acceptors (Lipinski definition) is 27. The second kappa shape index (κ2) is 36.7. The van der Waals surface area contributed by atoms with Crippen molar-refractivity contribution >= 4 is 43.3 Å². The minimum atomic E-state index is -3.95. The maximum absolute atomic E-state index is 12.5. The number of carbonyl (C=O) groups is 2. The van der Waals surface area contributed by atoms with Gasteiger partial charge in [-0.1, -0.05) is 200 Å². The Balaban J connectivity index is 0.000000272. The number of primary amides is 2. The molecule has 1 saturated heterocycles. The Bertz CT molecular complexity index is 5020. The number of hydrogen-bond donors (Lipinski definition) is 7. The first kappa shape index (κ1) is 91.7. The molecular weight excluding hydrogens is 1650 g/mol. The first-order valence-corrected chi connectivity index (χ1v) is 36.7. The largest absolute Gasteiger partial charge is 0.377 e. The Labute approximate surface area is 648 Å². The zero-order valence-electron chi connectivity index (χ0n) is 66.0. The van der Waals surface area contributed by atoms with Crippen LogP contribution in [0.15, 0.2) is 149 Å². The molecule has 0 unspecified atom stereocenters. The number of benzene rings is 3. The van der Waals surface area contributed by atoms with E-state index in [2.05, 4.69) is 97.5 Å². The summed E-state index contributed by atoms with van der Waals surface area (Å²) in [4.78, 5) is 59.4. The van der Waals surface area contributed by atoms with Crippen LogP contribution in [0.25, 0.3) is 11.3 Å². The van der Waals surface area contributed by atoms with E-state index in [0.29, 0.717) is 22.1 Å². The van der Waals surface area contributed by atoms with Crippen molar-refractivity contribution in [3.63, 3.8) is 0 Å². The molecule has 603 valence electrons. The minimum Gasteiger partial charge on any atom is -0.377 e. The van der Waals surface area contributed by atoms with Gasteiger partial charge in [0.15, 0.2) is 19.1 Å². The molecule has 1 aliphatic rings. The average molecular weight is 1750 g/mol. The molecule has 9 N–H and O–H groups in total. The van der Waals surface area contributed by atoms with E-state index in [-0.39, 0.29) is 105 Å². The fourth-order valence-corrected chi connectivity index (χ4v) is 12.6. The number of nitrogens with two attached hydrogens (primary N) is 2. The number of nitrogens with one attached hydrogen (secondary N) is 5. The van der Waals surface area contributed by atoms with Crippen LogP contribution in [-0.4, -0.2) is 116 Å². The van der Waals surface area contributed by atoms with Crippen LogP contribution in [0.2, 0.25) is 0 Å².